The summed E-state index contributed by atoms with van der Waals surface area (Å²) >= 11 is 0. The van der Waals surface area contributed by atoms with E-state index >= 15 is 0 Å². The van der Waals surface area contributed by atoms with E-state index in [1.54, 1.807) is 12.1 Å². The lowest BCUT2D eigenvalue weighted by atomic mass is 10.1. The van der Waals surface area contributed by atoms with E-state index in [4.69, 9.17) is 0 Å². The Morgan fingerprint density at radius 2 is 1.34 bits per heavy atom. The average molecular weight is 432 g/mol. The van der Waals surface area contributed by atoms with Crippen LogP contribution in [-0.2, 0) is 24.5 Å². The zero-order valence-corrected chi connectivity index (χ0v) is 17.8. The Balaban J connectivity index is 1.95. The molecule has 0 aliphatic rings. The summed E-state index contributed by atoms with van der Waals surface area (Å²) in [5.74, 6) is -0.680. The maximum Gasteiger partial charge on any atom is 0.245 e. The molecule has 0 radical (unpaired) electrons. The quantitative estimate of drug-likeness (QED) is 0.667. The first-order valence-corrected chi connectivity index (χ1v) is 12.2. The van der Waals surface area contributed by atoms with E-state index in [2.05, 4.69) is 5.32 Å². The van der Waals surface area contributed by atoms with Gasteiger partial charge in [-0.25, -0.2) is 16.8 Å². The van der Waals surface area contributed by atoms with E-state index < -0.39 is 30.3 Å². The summed E-state index contributed by atoms with van der Waals surface area (Å²) in [7, 11) is -7.53. The molecule has 6 nitrogen and oxygen atoms in total. The first-order chi connectivity index (χ1) is 13.4. The Kier molecular flexibility index (Phi) is 5.27. The van der Waals surface area contributed by atoms with E-state index in [9.17, 15) is 21.6 Å². The Bertz CT molecular complexity index is 1290. The number of rotatable bonds is 5. The van der Waals surface area contributed by atoms with Crippen molar-refractivity contribution in [3.8, 4) is 0 Å². The molecule has 0 atom stereocenters. The smallest absolute Gasteiger partial charge is 0.245 e. The summed E-state index contributed by atoms with van der Waals surface area (Å²) in [6.45, 7) is 2.65. The average Bonchev–Trinajstić information content (AvgIpc) is 2.67. The van der Waals surface area contributed by atoms with Crippen molar-refractivity contribution in [2.45, 2.75) is 28.4 Å². The van der Waals surface area contributed by atoms with Gasteiger partial charge in [0.2, 0.25) is 5.91 Å². The molecule has 0 saturated heterocycles. The van der Waals surface area contributed by atoms with Crippen molar-refractivity contribution in [3.63, 3.8) is 0 Å². The number of benzene rings is 3. The van der Waals surface area contributed by atoms with Crippen LogP contribution in [0.15, 0.2) is 76.5 Å². The minimum absolute atomic E-state index is 0.00876. The zero-order valence-electron chi connectivity index (χ0n) is 16.2. The Morgan fingerprint density at radius 1 is 0.793 bits per heavy atom. The summed E-state index contributed by atoms with van der Waals surface area (Å²) in [5, 5.41) is 4.44. The number of hydrogen-bond donors (Lipinski definition) is 1. The fourth-order valence-electron chi connectivity index (χ4n) is 2.89. The monoisotopic (exact) mass is 431 g/mol. The number of hydrogen-bond acceptors (Lipinski definition) is 5. The van der Waals surface area contributed by atoms with Crippen LogP contribution in [-0.4, -0.2) is 33.7 Å². The third-order valence-electron chi connectivity index (χ3n) is 4.82. The molecule has 0 aliphatic carbocycles. The van der Waals surface area contributed by atoms with Crippen molar-refractivity contribution in [1.82, 2.24) is 0 Å². The molecule has 0 bridgehead atoms. The molecular formula is C21H21NO5S2. The fourth-order valence-corrected chi connectivity index (χ4v) is 4.90. The van der Waals surface area contributed by atoms with Gasteiger partial charge >= 0.3 is 0 Å². The van der Waals surface area contributed by atoms with Crippen LogP contribution >= 0.6 is 0 Å². The fraction of sp³-hybridized carbons (Fsp3) is 0.190. The van der Waals surface area contributed by atoms with Crippen LogP contribution in [0.4, 0.5) is 5.69 Å². The standard InChI is InChI=1S/C21H21NO5S2/c1-21(2,29(26,27)17-13-11-16(12-14-17)28(3,24)25)20(23)22-19-10-6-8-15-7-4-5-9-18(15)19/h4-14H,1-3H3,(H,22,23). The number of sulfone groups is 2. The van der Waals surface area contributed by atoms with Gasteiger partial charge in [-0.05, 0) is 49.6 Å². The topological polar surface area (TPSA) is 97.4 Å². The first kappa shape index (κ1) is 21.0. The van der Waals surface area contributed by atoms with Crippen molar-refractivity contribution < 1.29 is 21.6 Å². The van der Waals surface area contributed by atoms with Gasteiger partial charge in [-0.15, -0.1) is 0 Å². The van der Waals surface area contributed by atoms with E-state index in [0.29, 0.717) is 5.69 Å². The summed E-state index contributed by atoms with van der Waals surface area (Å²) in [4.78, 5) is 12.8. The maximum absolute atomic E-state index is 13.1. The summed E-state index contributed by atoms with van der Waals surface area (Å²) in [5.41, 5.74) is 0.517. The largest absolute Gasteiger partial charge is 0.324 e. The second kappa shape index (κ2) is 7.27. The van der Waals surface area contributed by atoms with Crippen LogP contribution in [0.3, 0.4) is 0 Å². The molecule has 0 aliphatic heterocycles. The van der Waals surface area contributed by atoms with Gasteiger partial charge in [-0.2, -0.15) is 0 Å². The lowest BCUT2D eigenvalue weighted by Crippen LogP contribution is -2.44. The lowest BCUT2D eigenvalue weighted by Gasteiger charge is -2.24. The number of nitrogens with one attached hydrogen (secondary N) is 1. The lowest BCUT2D eigenvalue weighted by molar-refractivity contribution is -0.117. The molecular weight excluding hydrogens is 410 g/mol. The predicted molar refractivity (Wildman–Crippen MR) is 113 cm³/mol. The van der Waals surface area contributed by atoms with Crippen molar-refractivity contribution >= 4 is 42.0 Å². The van der Waals surface area contributed by atoms with Gasteiger partial charge in [0.05, 0.1) is 9.79 Å². The molecule has 3 rings (SSSR count). The second-order valence-corrected chi connectivity index (χ2v) is 11.8. The molecule has 152 valence electrons. The van der Waals surface area contributed by atoms with Gasteiger partial charge < -0.3 is 5.32 Å². The zero-order chi connectivity index (χ0) is 21.4. The van der Waals surface area contributed by atoms with Gasteiger partial charge in [-0.1, -0.05) is 36.4 Å². The van der Waals surface area contributed by atoms with Crippen LogP contribution < -0.4 is 5.32 Å². The molecule has 0 fully saturated rings. The van der Waals surface area contributed by atoms with E-state index in [1.165, 1.54) is 38.1 Å². The predicted octanol–water partition coefficient (Wildman–Crippen LogP) is 3.43. The number of carbonyl (C=O) groups is 1. The van der Waals surface area contributed by atoms with E-state index in [-0.39, 0.29) is 9.79 Å². The van der Waals surface area contributed by atoms with E-state index in [1.807, 2.05) is 30.3 Å². The normalized spacial score (nSPS) is 12.7. The highest BCUT2D eigenvalue weighted by atomic mass is 32.2. The summed E-state index contributed by atoms with van der Waals surface area (Å²) in [6.07, 6.45) is 1.04. The Labute approximate surface area is 170 Å². The third kappa shape index (κ3) is 3.90. The minimum Gasteiger partial charge on any atom is -0.324 e. The molecule has 3 aromatic carbocycles. The molecule has 0 heterocycles. The maximum atomic E-state index is 13.1. The highest BCUT2D eigenvalue weighted by Crippen LogP contribution is 2.29. The number of amides is 1. The third-order valence-corrected chi connectivity index (χ3v) is 8.37. The van der Waals surface area contributed by atoms with Crippen molar-refractivity contribution in [1.29, 1.82) is 0 Å². The van der Waals surface area contributed by atoms with Crippen molar-refractivity contribution in [2.75, 3.05) is 11.6 Å². The van der Waals surface area contributed by atoms with Gasteiger partial charge in [0, 0.05) is 17.3 Å². The Hall–Kier alpha value is -2.71. The first-order valence-electron chi connectivity index (χ1n) is 8.78. The number of anilines is 1. The molecule has 3 aromatic rings. The van der Waals surface area contributed by atoms with Crippen LogP contribution in [0, 0.1) is 0 Å². The highest BCUT2D eigenvalue weighted by molar-refractivity contribution is 7.93. The molecule has 1 amide bonds. The van der Waals surface area contributed by atoms with E-state index in [0.717, 1.165) is 17.0 Å². The summed E-state index contributed by atoms with van der Waals surface area (Å²) < 4.78 is 47.6. The van der Waals surface area contributed by atoms with Crippen molar-refractivity contribution in [2.24, 2.45) is 0 Å². The minimum atomic E-state index is -4.08. The Morgan fingerprint density at radius 3 is 1.97 bits per heavy atom. The summed E-state index contributed by atoms with van der Waals surface area (Å²) in [6, 6.07) is 17.7. The molecule has 0 spiro atoms. The van der Waals surface area contributed by atoms with Crippen LogP contribution in [0.1, 0.15) is 13.8 Å². The van der Waals surface area contributed by atoms with Crippen LogP contribution in [0.25, 0.3) is 10.8 Å². The molecule has 1 N–H and O–H groups in total. The molecule has 0 unspecified atom stereocenters. The molecule has 29 heavy (non-hydrogen) atoms. The molecule has 0 saturated carbocycles. The van der Waals surface area contributed by atoms with Crippen LogP contribution in [0.2, 0.25) is 0 Å². The highest BCUT2D eigenvalue weighted by Gasteiger charge is 2.43. The number of fused-ring (bicyclic) bond motifs is 1. The molecule has 0 aromatic heterocycles. The number of carbonyl (C=O) groups excluding carboxylic acids is 1. The van der Waals surface area contributed by atoms with Gasteiger partial charge in [0.1, 0.15) is 4.75 Å². The SMILES string of the molecule is CC(C)(C(=O)Nc1cccc2ccccc12)S(=O)(=O)c1ccc(S(C)(=O)=O)cc1. The van der Waals surface area contributed by atoms with Crippen molar-refractivity contribution in [3.05, 3.63) is 66.7 Å². The van der Waals surface area contributed by atoms with Crippen LogP contribution in [0.5, 0.6) is 0 Å². The molecule has 8 heteroatoms. The second-order valence-electron chi connectivity index (χ2n) is 7.24. The van der Waals surface area contributed by atoms with Gasteiger partial charge in [-0.3, -0.25) is 4.79 Å². The van der Waals surface area contributed by atoms with Gasteiger partial charge in [0.25, 0.3) is 0 Å². The van der Waals surface area contributed by atoms with Gasteiger partial charge in [0.15, 0.2) is 19.7 Å².